The highest BCUT2D eigenvalue weighted by Gasteiger charge is 1.93. The van der Waals surface area contributed by atoms with Gasteiger partial charge in [-0.2, -0.15) is 0 Å². The van der Waals surface area contributed by atoms with Gasteiger partial charge in [-0.3, -0.25) is 0 Å². The second-order valence-electron chi connectivity index (χ2n) is 6.38. The van der Waals surface area contributed by atoms with E-state index in [4.69, 9.17) is 11.5 Å². The minimum atomic E-state index is 0.149. The van der Waals surface area contributed by atoms with Gasteiger partial charge in [-0.05, 0) is 66.2 Å². The molecule has 0 heterocycles. The van der Waals surface area contributed by atoms with Crippen LogP contribution in [0.15, 0.2) is 46.6 Å². The SMILES string of the molecule is C#CC/C(C)=C/CC/C(C)=C/CC/C(C)=C/CC/C(C)=C/CO. The molecule has 23 heavy (non-hydrogen) atoms. The quantitative estimate of drug-likeness (QED) is 0.359. The largest absolute Gasteiger partial charge is 0.392 e. The monoisotopic (exact) mass is 314 g/mol. The van der Waals surface area contributed by atoms with Crippen molar-refractivity contribution in [3.8, 4) is 12.3 Å². The predicted molar refractivity (Wildman–Crippen MR) is 103 cm³/mol. The van der Waals surface area contributed by atoms with Crippen molar-refractivity contribution in [2.24, 2.45) is 0 Å². The lowest BCUT2D eigenvalue weighted by atomic mass is 10.0. The molecule has 0 spiro atoms. The van der Waals surface area contributed by atoms with Crippen molar-refractivity contribution < 1.29 is 5.11 Å². The fraction of sp³-hybridized carbons (Fsp3) is 0.545. The van der Waals surface area contributed by atoms with Crippen molar-refractivity contribution in [2.75, 3.05) is 6.61 Å². The molecule has 0 aromatic carbocycles. The molecule has 0 radical (unpaired) electrons. The Kier molecular flexibility index (Phi) is 13.2. The van der Waals surface area contributed by atoms with Crippen molar-refractivity contribution >= 4 is 0 Å². The number of aliphatic hydroxyl groups is 1. The Morgan fingerprint density at radius 1 is 0.739 bits per heavy atom. The van der Waals surface area contributed by atoms with E-state index in [0.717, 1.165) is 44.9 Å². The molecule has 0 rings (SSSR count). The molecule has 0 unspecified atom stereocenters. The molecule has 0 saturated carbocycles. The maximum Gasteiger partial charge on any atom is 0.0614 e. The van der Waals surface area contributed by atoms with Crippen molar-refractivity contribution in [2.45, 2.75) is 72.6 Å². The van der Waals surface area contributed by atoms with Crippen LogP contribution in [0.5, 0.6) is 0 Å². The molecule has 0 aromatic heterocycles. The molecule has 0 atom stereocenters. The van der Waals surface area contributed by atoms with Gasteiger partial charge in [0.25, 0.3) is 0 Å². The summed E-state index contributed by atoms with van der Waals surface area (Å²) in [6.45, 7) is 8.75. The molecule has 128 valence electrons. The summed E-state index contributed by atoms with van der Waals surface area (Å²) in [7, 11) is 0. The van der Waals surface area contributed by atoms with E-state index in [-0.39, 0.29) is 6.61 Å². The molecule has 0 amide bonds. The first kappa shape index (κ1) is 21.5. The van der Waals surface area contributed by atoms with Crippen LogP contribution in [0.1, 0.15) is 72.6 Å². The summed E-state index contributed by atoms with van der Waals surface area (Å²) in [5.41, 5.74) is 5.48. The summed E-state index contributed by atoms with van der Waals surface area (Å²) in [4.78, 5) is 0. The van der Waals surface area contributed by atoms with E-state index in [9.17, 15) is 0 Å². The number of hydrogen-bond acceptors (Lipinski definition) is 1. The van der Waals surface area contributed by atoms with E-state index in [1.165, 1.54) is 22.3 Å². The lowest BCUT2D eigenvalue weighted by Crippen LogP contribution is -1.83. The summed E-state index contributed by atoms with van der Waals surface area (Å²) in [5.74, 6) is 2.68. The zero-order valence-electron chi connectivity index (χ0n) is 15.5. The van der Waals surface area contributed by atoms with Gasteiger partial charge in [-0.25, -0.2) is 0 Å². The number of allylic oxidation sites excluding steroid dienone is 7. The predicted octanol–water partition coefficient (Wildman–Crippen LogP) is 6.13. The minimum Gasteiger partial charge on any atom is -0.392 e. The molecular formula is C22H34O. The first-order chi connectivity index (χ1) is 11.0. The second-order valence-corrected chi connectivity index (χ2v) is 6.38. The minimum absolute atomic E-state index is 0.149. The summed E-state index contributed by atoms with van der Waals surface area (Å²) in [6.07, 6.45) is 21.4. The summed E-state index contributed by atoms with van der Waals surface area (Å²) in [6, 6.07) is 0. The number of rotatable bonds is 11. The first-order valence-electron chi connectivity index (χ1n) is 8.66. The smallest absolute Gasteiger partial charge is 0.0614 e. The fourth-order valence-electron chi connectivity index (χ4n) is 2.33. The highest BCUT2D eigenvalue weighted by atomic mass is 16.2. The van der Waals surface area contributed by atoms with Crippen molar-refractivity contribution in [1.29, 1.82) is 0 Å². The van der Waals surface area contributed by atoms with Crippen LogP contribution in [0.2, 0.25) is 0 Å². The van der Waals surface area contributed by atoms with E-state index < -0.39 is 0 Å². The molecule has 0 fully saturated rings. The van der Waals surface area contributed by atoms with Crippen molar-refractivity contribution in [3.05, 3.63) is 46.6 Å². The molecule has 1 heteroatoms. The Labute approximate surface area is 143 Å². The van der Waals surface area contributed by atoms with E-state index >= 15 is 0 Å². The Hall–Kier alpha value is -1.52. The van der Waals surface area contributed by atoms with Gasteiger partial charge in [0.15, 0.2) is 0 Å². The fourth-order valence-corrected chi connectivity index (χ4v) is 2.33. The topological polar surface area (TPSA) is 20.2 Å². The van der Waals surface area contributed by atoms with Gasteiger partial charge in [0.2, 0.25) is 0 Å². The van der Waals surface area contributed by atoms with E-state index in [2.05, 4.69) is 51.8 Å². The number of terminal acetylenes is 1. The zero-order valence-corrected chi connectivity index (χ0v) is 15.5. The summed E-state index contributed by atoms with van der Waals surface area (Å²) in [5, 5.41) is 8.82. The Bertz CT molecular complexity index is 481. The van der Waals surface area contributed by atoms with Crippen LogP contribution >= 0.6 is 0 Å². The molecule has 1 N–H and O–H groups in total. The van der Waals surface area contributed by atoms with Gasteiger partial charge < -0.3 is 5.11 Å². The lowest BCUT2D eigenvalue weighted by Gasteiger charge is -2.02. The lowest BCUT2D eigenvalue weighted by molar-refractivity contribution is 0.341. The maximum atomic E-state index is 8.82. The van der Waals surface area contributed by atoms with Crippen molar-refractivity contribution in [1.82, 2.24) is 0 Å². The average molecular weight is 315 g/mol. The highest BCUT2D eigenvalue weighted by molar-refractivity contribution is 5.10. The molecule has 0 aliphatic rings. The van der Waals surface area contributed by atoms with E-state index in [1.807, 2.05) is 6.08 Å². The van der Waals surface area contributed by atoms with Crippen LogP contribution in [0.3, 0.4) is 0 Å². The number of hydrogen-bond donors (Lipinski definition) is 1. The molecule has 0 aromatic rings. The Morgan fingerprint density at radius 3 is 1.52 bits per heavy atom. The van der Waals surface area contributed by atoms with Gasteiger partial charge in [0.05, 0.1) is 6.61 Å². The third-order valence-corrected chi connectivity index (χ3v) is 3.92. The van der Waals surface area contributed by atoms with Crippen molar-refractivity contribution in [3.63, 3.8) is 0 Å². The van der Waals surface area contributed by atoms with Crippen LogP contribution in [0.4, 0.5) is 0 Å². The first-order valence-corrected chi connectivity index (χ1v) is 8.66. The van der Waals surface area contributed by atoms with Gasteiger partial charge in [0, 0.05) is 6.42 Å². The molecule has 0 aliphatic carbocycles. The van der Waals surface area contributed by atoms with Gasteiger partial charge in [-0.15, -0.1) is 12.3 Å². The normalized spacial score (nSPS) is 14.1. The molecule has 0 bridgehead atoms. The number of aliphatic hydroxyl groups excluding tert-OH is 1. The Morgan fingerprint density at radius 2 is 1.13 bits per heavy atom. The van der Waals surface area contributed by atoms with Gasteiger partial charge >= 0.3 is 0 Å². The second kappa shape index (κ2) is 14.1. The maximum absolute atomic E-state index is 8.82. The van der Waals surface area contributed by atoms with E-state index in [1.54, 1.807) is 0 Å². The molecule has 0 saturated heterocycles. The van der Waals surface area contributed by atoms with Crippen LogP contribution in [0.25, 0.3) is 0 Å². The molecule has 1 nitrogen and oxygen atoms in total. The highest BCUT2D eigenvalue weighted by Crippen LogP contribution is 2.13. The summed E-state index contributed by atoms with van der Waals surface area (Å²) >= 11 is 0. The van der Waals surface area contributed by atoms with Gasteiger partial charge in [0.1, 0.15) is 0 Å². The summed E-state index contributed by atoms with van der Waals surface area (Å²) < 4.78 is 0. The standard InChI is InChI=1S/C22H34O/c1-6-10-19(2)11-7-12-20(3)13-8-14-21(4)15-9-16-22(5)17-18-23/h1,11,13,15,17,23H,7-10,12,14,16,18H2,2-5H3/b19-11+,20-13+,21-15+,22-17+. The Balaban J connectivity index is 4.00. The van der Waals surface area contributed by atoms with Crippen LogP contribution in [-0.4, -0.2) is 11.7 Å². The molecule has 0 aliphatic heterocycles. The van der Waals surface area contributed by atoms with Crippen LogP contribution in [-0.2, 0) is 0 Å². The van der Waals surface area contributed by atoms with Crippen LogP contribution < -0.4 is 0 Å². The van der Waals surface area contributed by atoms with Crippen LogP contribution in [0, 0.1) is 12.3 Å². The third-order valence-electron chi connectivity index (χ3n) is 3.92. The van der Waals surface area contributed by atoms with Gasteiger partial charge in [-0.1, -0.05) is 46.6 Å². The third kappa shape index (κ3) is 13.8. The molecular weight excluding hydrogens is 280 g/mol. The zero-order chi connectivity index (χ0) is 17.5. The van der Waals surface area contributed by atoms with E-state index in [0.29, 0.717) is 0 Å². The average Bonchev–Trinajstić information content (AvgIpc) is 2.47.